The summed E-state index contributed by atoms with van der Waals surface area (Å²) >= 11 is 0. The van der Waals surface area contributed by atoms with Crippen LogP contribution >= 0.6 is 0 Å². The van der Waals surface area contributed by atoms with Crippen molar-refractivity contribution in [3.8, 4) is 0 Å². The number of hydrogen-bond donors (Lipinski definition) is 1. The monoisotopic (exact) mass is 174 g/mol. The van der Waals surface area contributed by atoms with Gasteiger partial charge in [-0.05, 0) is 13.8 Å². The number of hydrogen-bond acceptors (Lipinski definition) is 3. The molecule has 0 bridgehead atoms. The average molecular weight is 174 g/mol. The maximum atomic E-state index is 8.39. The van der Waals surface area contributed by atoms with Crippen LogP contribution in [0.4, 0.5) is 0 Å². The Bertz CT molecular complexity index is 121. The average Bonchev–Trinajstić information content (AvgIpc) is 2.04. The van der Waals surface area contributed by atoms with Gasteiger partial charge in [-0.25, -0.2) is 0 Å². The molecule has 0 aliphatic rings. The van der Waals surface area contributed by atoms with Gasteiger partial charge in [-0.2, -0.15) is 0 Å². The Labute approximate surface area is 74.0 Å². The fraction of sp³-hybridized carbons (Fsp3) is 0.778. The summed E-state index contributed by atoms with van der Waals surface area (Å²) in [5, 5.41) is 8.39. The van der Waals surface area contributed by atoms with Crippen LogP contribution in [0.25, 0.3) is 0 Å². The summed E-state index contributed by atoms with van der Waals surface area (Å²) in [5.41, 5.74) is -0.289. The molecule has 0 atom stereocenters. The van der Waals surface area contributed by atoms with E-state index < -0.39 is 0 Å². The summed E-state index contributed by atoms with van der Waals surface area (Å²) in [7, 11) is 0. The molecule has 0 fully saturated rings. The zero-order valence-corrected chi connectivity index (χ0v) is 7.88. The highest BCUT2D eigenvalue weighted by molar-refractivity contribution is 4.89. The van der Waals surface area contributed by atoms with Gasteiger partial charge < -0.3 is 14.6 Å². The molecule has 3 nitrogen and oxygen atoms in total. The maximum Gasteiger partial charge on any atom is 0.0804 e. The van der Waals surface area contributed by atoms with Gasteiger partial charge >= 0.3 is 0 Å². The SMILES string of the molecule is C=CC(C)(C)OCCOCCO. The summed E-state index contributed by atoms with van der Waals surface area (Å²) in [5.74, 6) is 0. The van der Waals surface area contributed by atoms with Gasteiger partial charge in [0.05, 0.1) is 32.0 Å². The number of ether oxygens (including phenoxy) is 2. The molecule has 0 radical (unpaired) electrons. The predicted octanol–water partition coefficient (Wildman–Crippen LogP) is 0.976. The largest absolute Gasteiger partial charge is 0.394 e. The van der Waals surface area contributed by atoms with Crippen LogP contribution in [0, 0.1) is 0 Å². The Balaban J connectivity index is 3.25. The molecular weight excluding hydrogens is 156 g/mol. The lowest BCUT2D eigenvalue weighted by Gasteiger charge is -2.20. The molecule has 0 saturated heterocycles. The Morgan fingerprint density at radius 1 is 1.33 bits per heavy atom. The normalized spacial score (nSPS) is 11.6. The lowest BCUT2D eigenvalue weighted by molar-refractivity contribution is -0.0232. The van der Waals surface area contributed by atoms with Gasteiger partial charge in [0.25, 0.3) is 0 Å². The Kier molecular flexibility index (Phi) is 5.98. The molecule has 0 rings (SSSR count). The van der Waals surface area contributed by atoms with Crippen LogP contribution in [-0.2, 0) is 9.47 Å². The Morgan fingerprint density at radius 3 is 2.50 bits per heavy atom. The van der Waals surface area contributed by atoms with Crippen molar-refractivity contribution in [2.75, 3.05) is 26.4 Å². The van der Waals surface area contributed by atoms with Gasteiger partial charge in [0.15, 0.2) is 0 Å². The molecule has 3 heteroatoms. The van der Waals surface area contributed by atoms with E-state index in [0.29, 0.717) is 19.8 Å². The highest BCUT2D eigenvalue weighted by Gasteiger charge is 2.11. The second kappa shape index (κ2) is 6.17. The third kappa shape index (κ3) is 6.34. The second-order valence-electron chi connectivity index (χ2n) is 2.99. The second-order valence-corrected chi connectivity index (χ2v) is 2.99. The molecule has 0 aliphatic carbocycles. The van der Waals surface area contributed by atoms with E-state index in [0.717, 1.165) is 0 Å². The number of rotatable bonds is 7. The molecule has 0 aliphatic heterocycles. The standard InChI is InChI=1S/C9H18O3/c1-4-9(2,3)12-8-7-11-6-5-10/h4,10H,1,5-8H2,2-3H3. The summed E-state index contributed by atoms with van der Waals surface area (Å²) in [6.45, 7) is 8.99. The van der Waals surface area contributed by atoms with E-state index in [1.807, 2.05) is 13.8 Å². The van der Waals surface area contributed by atoms with Crippen molar-refractivity contribution in [1.29, 1.82) is 0 Å². The van der Waals surface area contributed by atoms with Gasteiger partial charge in [0, 0.05) is 0 Å². The molecule has 0 aromatic carbocycles. The van der Waals surface area contributed by atoms with Gasteiger partial charge in [-0.3, -0.25) is 0 Å². The quantitative estimate of drug-likeness (QED) is 0.462. The van der Waals surface area contributed by atoms with E-state index in [9.17, 15) is 0 Å². The summed E-state index contributed by atoms with van der Waals surface area (Å²) in [6.07, 6.45) is 1.75. The molecule has 1 N–H and O–H groups in total. The van der Waals surface area contributed by atoms with Gasteiger partial charge in [-0.1, -0.05) is 6.08 Å². The molecule has 72 valence electrons. The van der Waals surface area contributed by atoms with Crippen molar-refractivity contribution in [1.82, 2.24) is 0 Å². The fourth-order valence-corrected chi connectivity index (χ4v) is 0.589. The van der Waals surface area contributed by atoms with Crippen LogP contribution in [0.15, 0.2) is 12.7 Å². The van der Waals surface area contributed by atoms with E-state index in [1.165, 1.54) is 0 Å². The fourth-order valence-electron chi connectivity index (χ4n) is 0.589. The Hall–Kier alpha value is -0.380. The van der Waals surface area contributed by atoms with Crippen LogP contribution in [0.1, 0.15) is 13.8 Å². The van der Waals surface area contributed by atoms with Crippen molar-refractivity contribution in [2.24, 2.45) is 0 Å². The van der Waals surface area contributed by atoms with E-state index in [1.54, 1.807) is 6.08 Å². The summed E-state index contributed by atoms with van der Waals surface area (Å²) < 4.78 is 10.4. The first-order chi connectivity index (χ1) is 5.62. The molecular formula is C9H18O3. The third-order valence-corrected chi connectivity index (χ3v) is 1.43. The van der Waals surface area contributed by atoms with Crippen LogP contribution < -0.4 is 0 Å². The minimum Gasteiger partial charge on any atom is -0.394 e. The van der Waals surface area contributed by atoms with Crippen LogP contribution in [0.3, 0.4) is 0 Å². The summed E-state index contributed by atoms with van der Waals surface area (Å²) in [4.78, 5) is 0. The van der Waals surface area contributed by atoms with E-state index >= 15 is 0 Å². The minimum atomic E-state index is -0.289. The molecule has 12 heavy (non-hydrogen) atoms. The van der Waals surface area contributed by atoms with Gasteiger partial charge in [0.2, 0.25) is 0 Å². The van der Waals surface area contributed by atoms with Crippen molar-refractivity contribution < 1.29 is 14.6 Å². The van der Waals surface area contributed by atoms with Gasteiger partial charge in [-0.15, -0.1) is 6.58 Å². The number of aliphatic hydroxyl groups is 1. The van der Waals surface area contributed by atoms with E-state index in [2.05, 4.69) is 6.58 Å². The lowest BCUT2D eigenvalue weighted by Crippen LogP contribution is -2.23. The van der Waals surface area contributed by atoms with E-state index in [-0.39, 0.29) is 12.2 Å². The lowest BCUT2D eigenvalue weighted by atomic mass is 10.1. The molecule has 0 unspecified atom stereocenters. The zero-order chi connectivity index (χ0) is 9.45. The first-order valence-electron chi connectivity index (χ1n) is 4.08. The molecule has 0 aromatic rings. The van der Waals surface area contributed by atoms with Gasteiger partial charge in [0.1, 0.15) is 0 Å². The smallest absolute Gasteiger partial charge is 0.0804 e. The molecule has 0 heterocycles. The van der Waals surface area contributed by atoms with Crippen molar-refractivity contribution in [3.63, 3.8) is 0 Å². The zero-order valence-electron chi connectivity index (χ0n) is 7.88. The van der Waals surface area contributed by atoms with E-state index in [4.69, 9.17) is 14.6 Å². The topological polar surface area (TPSA) is 38.7 Å². The number of aliphatic hydroxyl groups excluding tert-OH is 1. The third-order valence-electron chi connectivity index (χ3n) is 1.43. The van der Waals surface area contributed by atoms with Crippen molar-refractivity contribution >= 4 is 0 Å². The first kappa shape index (κ1) is 11.6. The summed E-state index contributed by atoms with van der Waals surface area (Å²) in [6, 6.07) is 0. The van der Waals surface area contributed by atoms with Crippen LogP contribution in [-0.4, -0.2) is 37.1 Å². The van der Waals surface area contributed by atoms with Crippen molar-refractivity contribution in [3.05, 3.63) is 12.7 Å². The van der Waals surface area contributed by atoms with Crippen LogP contribution in [0.2, 0.25) is 0 Å². The molecule has 0 amide bonds. The highest BCUT2D eigenvalue weighted by Crippen LogP contribution is 2.08. The minimum absolute atomic E-state index is 0.0604. The van der Waals surface area contributed by atoms with Crippen molar-refractivity contribution in [2.45, 2.75) is 19.4 Å². The maximum absolute atomic E-state index is 8.39. The molecule has 0 spiro atoms. The Morgan fingerprint density at radius 2 is 2.00 bits per heavy atom. The molecule has 0 aromatic heterocycles. The first-order valence-corrected chi connectivity index (χ1v) is 4.08. The van der Waals surface area contributed by atoms with Crippen LogP contribution in [0.5, 0.6) is 0 Å². The molecule has 0 saturated carbocycles. The predicted molar refractivity (Wildman–Crippen MR) is 48.1 cm³/mol. The highest BCUT2D eigenvalue weighted by atomic mass is 16.5.